The molecule has 0 aliphatic carbocycles. The molecule has 7 nitrogen and oxygen atoms in total. The molecule has 0 unspecified atom stereocenters. The Morgan fingerprint density at radius 1 is 0.943 bits per heavy atom. The number of fused-ring (bicyclic) bond motifs is 1. The summed E-state index contributed by atoms with van der Waals surface area (Å²) in [4.78, 5) is 17.5. The number of rotatable bonds is 9. The zero-order chi connectivity index (χ0) is 24.9. The van der Waals surface area contributed by atoms with Crippen molar-refractivity contribution in [2.24, 2.45) is 0 Å². The van der Waals surface area contributed by atoms with Crippen LogP contribution in [0.1, 0.15) is 34.6 Å². The molecule has 0 bridgehead atoms. The Morgan fingerprint density at radius 3 is 2.40 bits per heavy atom. The summed E-state index contributed by atoms with van der Waals surface area (Å²) in [5.74, 6) is 1.40. The maximum Gasteiger partial charge on any atom is 0.220 e. The number of methoxy groups -OCH3 is 2. The molecule has 4 aromatic rings. The number of ether oxygens (including phenoxy) is 2. The van der Waals surface area contributed by atoms with Gasteiger partial charge in [-0.15, -0.1) is 0 Å². The first-order chi connectivity index (χ1) is 16.9. The van der Waals surface area contributed by atoms with Crippen molar-refractivity contribution in [2.75, 3.05) is 20.8 Å². The number of hydrogen-bond acceptors (Lipinski definition) is 5. The fraction of sp³-hybridized carbons (Fsp3) is 0.321. The second kappa shape index (κ2) is 10.6. The lowest BCUT2D eigenvalue weighted by molar-refractivity contribution is -0.121. The lowest BCUT2D eigenvalue weighted by Gasteiger charge is -2.12. The Bertz CT molecular complexity index is 1350. The van der Waals surface area contributed by atoms with Crippen LogP contribution < -0.4 is 14.8 Å². The first kappa shape index (κ1) is 24.3. The summed E-state index contributed by atoms with van der Waals surface area (Å²) < 4.78 is 12.5. The minimum absolute atomic E-state index is 0.0194. The van der Waals surface area contributed by atoms with Gasteiger partial charge in [-0.05, 0) is 62.4 Å². The zero-order valence-corrected chi connectivity index (χ0v) is 21.0. The molecule has 1 amide bonds. The predicted molar refractivity (Wildman–Crippen MR) is 137 cm³/mol. The molecule has 35 heavy (non-hydrogen) atoms. The van der Waals surface area contributed by atoms with E-state index in [2.05, 4.69) is 17.4 Å². The first-order valence-corrected chi connectivity index (χ1v) is 11.8. The van der Waals surface area contributed by atoms with Crippen LogP contribution in [-0.2, 0) is 17.6 Å². The first-order valence-electron chi connectivity index (χ1n) is 11.8. The van der Waals surface area contributed by atoms with E-state index in [1.54, 1.807) is 14.2 Å². The molecular weight excluding hydrogens is 440 g/mol. The maximum absolute atomic E-state index is 12.6. The molecule has 2 aromatic heterocycles. The van der Waals surface area contributed by atoms with Crippen molar-refractivity contribution in [3.63, 3.8) is 0 Å². The minimum atomic E-state index is 0.0194. The molecule has 0 saturated carbocycles. The summed E-state index contributed by atoms with van der Waals surface area (Å²) in [6, 6.07) is 16.0. The van der Waals surface area contributed by atoms with E-state index in [-0.39, 0.29) is 5.91 Å². The van der Waals surface area contributed by atoms with Gasteiger partial charge in [0.25, 0.3) is 0 Å². The molecule has 0 fully saturated rings. The van der Waals surface area contributed by atoms with E-state index in [0.717, 1.165) is 45.0 Å². The van der Waals surface area contributed by atoms with Crippen LogP contribution >= 0.6 is 0 Å². The lowest BCUT2D eigenvalue weighted by atomic mass is 10.0. The summed E-state index contributed by atoms with van der Waals surface area (Å²) in [5, 5.41) is 7.79. The topological polar surface area (TPSA) is 77.8 Å². The number of hydrogen-bond donors (Lipinski definition) is 1. The number of aromatic nitrogens is 3. The van der Waals surface area contributed by atoms with E-state index in [0.29, 0.717) is 37.3 Å². The van der Waals surface area contributed by atoms with Gasteiger partial charge < -0.3 is 14.8 Å². The molecule has 0 spiro atoms. The lowest BCUT2D eigenvalue weighted by Crippen LogP contribution is -2.26. The normalized spacial score (nSPS) is 11.0. The molecule has 0 saturated heterocycles. The Kier molecular flexibility index (Phi) is 7.34. The Hall–Kier alpha value is -3.87. The third kappa shape index (κ3) is 5.14. The molecule has 4 rings (SSSR count). The van der Waals surface area contributed by atoms with Crippen LogP contribution in [0.15, 0.2) is 48.5 Å². The van der Waals surface area contributed by atoms with E-state index >= 15 is 0 Å². The molecule has 0 radical (unpaired) electrons. The van der Waals surface area contributed by atoms with Crippen LogP contribution in [0.3, 0.4) is 0 Å². The van der Waals surface area contributed by atoms with Gasteiger partial charge in [0.15, 0.2) is 17.1 Å². The highest BCUT2D eigenvalue weighted by Gasteiger charge is 2.18. The summed E-state index contributed by atoms with van der Waals surface area (Å²) in [5.41, 5.74) is 8.05. The fourth-order valence-electron chi connectivity index (χ4n) is 4.48. The van der Waals surface area contributed by atoms with Crippen LogP contribution in [0.5, 0.6) is 11.5 Å². The molecular formula is C28H32N4O3. The van der Waals surface area contributed by atoms with Crippen LogP contribution in [0.4, 0.5) is 0 Å². The largest absolute Gasteiger partial charge is 0.493 e. The number of benzene rings is 2. The quantitative estimate of drug-likeness (QED) is 0.384. The van der Waals surface area contributed by atoms with Gasteiger partial charge in [0.05, 0.1) is 19.9 Å². The monoisotopic (exact) mass is 472 g/mol. The molecule has 7 heteroatoms. The van der Waals surface area contributed by atoms with Gasteiger partial charge in [-0.25, -0.2) is 9.50 Å². The number of amides is 1. The van der Waals surface area contributed by atoms with Gasteiger partial charge in [0.2, 0.25) is 5.91 Å². The highest BCUT2D eigenvalue weighted by atomic mass is 16.5. The number of aryl methyl sites for hydroxylation is 3. The van der Waals surface area contributed by atoms with Gasteiger partial charge in [-0.3, -0.25) is 4.79 Å². The highest BCUT2D eigenvalue weighted by molar-refractivity contribution is 5.80. The maximum atomic E-state index is 12.6. The molecule has 0 aliphatic rings. The molecule has 182 valence electrons. The summed E-state index contributed by atoms with van der Waals surface area (Å²) in [6.07, 6.45) is 1.72. The standard InChI is InChI=1S/C28H32N4O3/c1-18-23(12-14-26(33)29-16-15-21-11-13-24(34-4)25(17-21)35-5)20(3)32-28(30-18)27(19(2)31-32)22-9-7-6-8-10-22/h6-11,13,17H,12,14-16H2,1-5H3,(H,29,33). The van der Waals surface area contributed by atoms with Gasteiger partial charge >= 0.3 is 0 Å². The van der Waals surface area contributed by atoms with Crippen LogP contribution in [0, 0.1) is 20.8 Å². The molecule has 2 aromatic carbocycles. The number of nitrogens with one attached hydrogen (secondary N) is 1. The summed E-state index contributed by atoms with van der Waals surface area (Å²) >= 11 is 0. The summed E-state index contributed by atoms with van der Waals surface area (Å²) in [6.45, 7) is 6.63. The van der Waals surface area contributed by atoms with Gasteiger partial charge in [-0.2, -0.15) is 5.10 Å². The second-order valence-electron chi connectivity index (χ2n) is 8.61. The van der Waals surface area contributed by atoms with Gasteiger partial charge in [0.1, 0.15) is 0 Å². The molecule has 2 heterocycles. The molecule has 1 N–H and O–H groups in total. The Labute approximate surface area is 206 Å². The molecule has 0 aliphatic heterocycles. The van der Waals surface area contributed by atoms with Crippen molar-refractivity contribution in [1.82, 2.24) is 19.9 Å². The predicted octanol–water partition coefficient (Wildman–Crippen LogP) is 4.63. The average Bonchev–Trinajstić information content (AvgIpc) is 3.20. The highest BCUT2D eigenvalue weighted by Crippen LogP contribution is 2.29. The van der Waals surface area contributed by atoms with E-state index in [4.69, 9.17) is 19.6 Å². The van der Waals surface area contributed by atoms with Gasteiger partial charge in [0, 0.05) is 29.9 Å². The van der Waals surface area contributed by atoms with Gasteiger partial charge in [-0.1, -0.05) is 36.4 Å². The van der Waals surface area contributed by atoms with Crippen molar-refractivity contribution < 1.29 is 14.3 Å². The van der Waals surface area contributed by atoms with E-state index < -0.39 is 0 Å². The van der Waals surface area contributed by atoms with Crippen molar-refractivity contribution in [1.29, 1.82) is 0 Å². The number of carbonyl (C=O) groups is 1. The van der Waals surface area contributed by atoms with Crippen LogP contribution in [0.2, 0.25) is 0 Å². The number of nitrogens with zero attached hydrogens (tertiary/aromatic N) is 3. The van der Waals surface area contributed by atoms with Crippen molar-refractivity contribution in [3.05, 3.63) is 76.7 Å². The smallest absolute Gasteiger partial charge is 0.220 e. The van der Waals surface area contributed by atoms with E-state index in [1.807, 2.05) is 61.7 Å². The second-order valence-corrected chi connectivity index (χ2v) is 8.61. The molecule has 0 atom stereocenters. The fourth-order valence-corrected chi connectivity index (χ4v) is 4.48. The third-order valence-corrected chi connectivity index (χ3v) is 6.35. The van der Waals surface area contributed by atoms with E-state index in [9.17, 15) is 4.79 Å². The Balaban J connectivity index is 1.41. The SMILES string of the molecule is COc1ccc(CCNC(=O)CCc2c(C)nc3c(-c4ccccc4)c(C)nn3c2C)cc1OC. The third-order valence-electron chi connectivity index (χ3n) is 6.35. The van der Waals surface area contributed by atoms with Crippen molar-refractivity contribution in [2.45, 2.75) is 40.0 Å². The minimum Gasteiger partial charge on any atom is -0.493 e. The zero-order valence-electron chi connectivity index (χ0n) is 21.0. The van der Waals surface area contributed by atoms with Crippen molar-refractivity contribution >= 4 is 11.6 Å². The number of carbonyl (C=O) groups excluding carboxylic acids is 1. The Morgan fingerprint density at radius 2 is 1.69 bits per heavy atom. The summed E-state index contributed by atoms with van der Waals surface area (Å²) in [7, 11) is 3.23. The van der Waals surface area contributed by atoms with E-state index in [1.165, 1.54) is 0 Å². The van der Waals surface area contributed by atoms with Crippen LogP contribution in [-0.4, -0.2) is 41.3 Å². The van der Waals surface area contributed by atoms with Crippen molar-refractivity contribution in [3.8, 4) is 22.6 Å². The van der Waals surface area contributed by atoms with Crippen LogP contribution in [0.25, 0.3) is 16.8 Å². The average molecular weight is 473 g/mol.